The molecule has 0 spiro atoms. The fourth-order valence-electron chi connectivity index (χ4n) is 4.41. The third-order valence-electron chi connectivity index (χ3n) is 7.08. The van der Waals surface area contributed by atoms with Gasteiger partial charge in [-0.3, -0.25) is 9.72 Å². The van der Waals surface area contributed by atoms with E-state index in [4.69, 9.17) is 0 Å². The number of hydrogen-bond acceptors (Lipinski definition) is 6. The van der Waals surface area contributed by atoms with Crippen molar-refractivity contribution in [1.29, 1.82) is 0 Å². The van der Waals surface area contributed by atoms with E-state index in [1.165, 1.54) is 16.8 Å². The Bertz CT molecular complexity index is 1780. The van der Waals surface area contributed by atoms with Crippen LogP contribution in [0.3, 0.4) is 0 Å². The second kappa shape index (κ2) is 12.6. The number of halogens is 3. The Morgan fingerprint density at radius 3 is 2.41 bits per heavy atom. The van der Waals surface area contributed by atoms with E-state index in [2.05, 4.69) is 39.8 Å². The zero-order valence-corrected chi connectivity index (χ0v) is 26.4. The molecule has 44 heavy (non-hydrogen) atoms. The first-order valence-corrected chi connectivity index (χ1v) is 15.9. The Balaban J connectivity index is 1.33. The largest absolute Gasteiger partial charge is 0.416 e. The molecule has 2 N–H and O–H groups in total. The molecule has 0 aliphatic heterocycles. The maximum atomic E-state index is 13.2. The second-order valence-electron chi connectivity index (χ2n) is 10.9. The van der Waals surface area contributed by atoms with Crippen LogP contribution in [0.5, 0.6) is 0 Å². The fraction of sp³-hybridized carbons (Fsp3) is 0.290. The minimum absolute atomic E-state index is 0.221. The third kappa shape index (κ3) is 6.88. The molecule has 0 bridgehead atoms. The van der Waals surface area contributed by atoms with Crippen molar-refractivity contribution in [2.45, 2.75) is 60.9 Å². The molecule has 0 fully saturated rings. The van der Waals surface area contributed by atoms with Crippen LogP contribution in [0.4, 0.5) is 23.8 Å². The van der Waals surface area contributed by atoms with Gasteiger partial charge in [0, 0.05) is 34.5 Å². The van der Waals surface area contributed by atoms with Crippen molar-refractivity contribution >= 4 is 41.0 Å². The number of thioether (sulfide) groups is 1. The number of carbonyl (C=O) groups excluding carboxylic acids is 1. The van der Waals surface area contributed by atoms with Crippen molar-refractivity contribution in [2.75, 3.05) is 11.6 Å². The predicted octanol–water partition coefficient (Wildman–Crippen LogP) is 8.13. The molecule has 8 nitrogen and oxygen atoms in total. The van der Waals surface area contributed by atoms with Gasteiger partial charge < -0.3 is 5.32 Å². The SMILES string of the molecule is CSC(C)(C)c1cc(NC(=O)NCc2ccccc2Sc2ccc3nnc(C(C)C)n3c2)n(-c2ccc(C(F)(F)F)cc2)n1. The number of nitrogens with one attached hydrogen (secondary N) is 2. The predicted molar refractivity (Wildman–Crippen MR) is 169 cm³/mol. The van der Waals surface area contributed by atoms with Gasteiger partial charge in [-0.2, -0.15) is 30.0 Å². The Morgan fingerprint density at radius 2 is 1.73 bits per heavy atom. The van der Waals surface area contributed by atoms with Crippen molar-refractivity contribution < 1.29 is 18.0 Å². The minimum atomic E-state index is -4.45. The molecule has 0 atom stereocenters. The van der Waals surface area contributed by atoms with Crippen LogP contribution < -0.4 is 10.6 Å². The van der Waals surface area contributed by atoms with E-state index < -0.39 is 22.5 Å². The van der Waals surface area contributed by atoms with E-state index in [9.17, 15) is 18.0 Å². The lowest BCUT2D eigenvalue weighted by Gasteiger charge is -2.18. The number of aromatic nitrogens is 5. The first-order valence-electron chi connectivity index (χ1n) is 13.8. The van der Waals surface area contributed by atoms with Crippen LogP contribution in [0.1, 0.15) is 56.3 Å². The van der Waals surface area contributed by atoms with Gasteiger partial charge in [0.2, 0.25) is 0 Å². The lowest BCUT2D eigenvalue weighted by atomic mass is 10.1. The van der Waals surface area contributed by atoms with E-state index in [0.717, 1.165) is 39.0 Å². The first-order chi connectivity index (χ1) is 20.9. The quantitative estimate of drug-likeness (QED) is 0.169. The molecule has 5 rings (SSSR count). The fourth-order valence-corrected chi connectivity index (χ4v) is 5.69. The summed E-state index contributed by atoms with van der Waals surface area (Å²) in [6, 6.07) is 17.7. The second-order valence-corrected chi connectivity index (χ2v) is 13.5. The number of amides is 2. The van der Waals surface area contributed by atoms with Crippen LogP contribution in [0.25, 0.3) is 11.3 Å². The number of carbonyl (C=O) groups is 1. The number of alkyl halides is 3. The molecule has 13 heteroatoms. The number of nitrogens with zero attached hydrogens (tertiary/aromatic N) is 5. The number of rotatable bonds is 9. The molecule has 0 radical (unpaired) electrons. The number of pyridine rings is 1. The number of fused-ring (bicyclic) bond motifs is 1. The van der Waals surface area contributed by atoms with E-state index in [-0.39, 0.29) is 12.5 Å². The average molecular weight is 640 g/mol. The van der Waals surface area contributed by atoms with Crippen LogP contribution in [-0.2, 0) is 17.5 Å². The van der Waals surface area contributed by atoms with Gasteiger partial charge in [-0.1, -0.05) is 43.8 Å². The van der Waals surface area contributed by atoms with Crippen molar-refractivity contribution in [2.24, 2.45) is 0 Å². The topological polar surface area (TPSA) is 89.1 Å². The molecule has 0 aliphatic carbocycles. The summed E-state index contributed by atoms with van der Waals surface area (Å²) in [6.45, 7) is 8.37. The summed E-state index contributed by atoms with van der Waals surface area (Å²) < 4.78 is 42.5. The Hall–Kier alpha value is -3.97. The summed E-state index contributed by atoms with van der Waals surface area (Å²) in [5.41, 5.74) is 2.01. The molecule has 0 unspecified atom stereocenters. The van der Waals surface area contributed by atoms with Gasteiger partial charge in [0.1, 0.15) is 11.6 Å². The lowest BCUT2D eigenvalue weighted by molar-refractivity contribution is -0.137. The van der Waals surface area contributed by atoms with Gasteiger partial charge in [-0.05, 0) is 68.1 Å². The maximum absolute atomic E-state index is 13.2. The number of benzene rings is 2. The average Bonchev–Trinajstić information content (AvgIpc) is 3.61. The Kier molecular flexibility index (Phi) is 8.98. The highest BCUT2D eigenvalue weighted by Gasteiger charge is 2.30. The van der Waals surface area contributed by atoms with Crippen LogP contribution >= 0.6 is 23.5 Å². The van der Waals surface area contributed by atoms with Crippen molar-refractivity contribution in [3.8, 4) is 5.69 Å². The molecule has 3 aromatic heterocycles. The maximum Gasteiger partial charge on any atom is 0.416 e. The summed E-state index contributed by atoms with van der Waals surface area (Å²) in [5, 5.41) is 18.9. The van der Waals surface area contributed by atoms with Crippen molar-refractivity contribution in [1.82, 2.24) is 29.7 Å². The summed E-state index contributed by atoms with van der Waals surface area (Å²) in [4.78, 5) is 15.1. The third-order valence-corrected chi connectivity index (χ3v) is 9.40. The highest BCUT2D eigenvalue weighted by molar-refractivity contribution is 7.99. The lowest BCUT2D eigenvalue weighted by Crippen LogP contribution is -2.29. The van der Waals surface area contributed by atoms with Gasteiger partial charge in [0.15, 0.2) is 5.65 Å². The first kappa shape index (κ1) is 31.5. The number of hydrogen-bond donors (Lipinski definition) is 2. The smallest absolute Gasteiger partial charge is 0.334 e. The van der Waals surface area contributed by atoms with Gasteiger partial charge in [0.05, 0.1) is 21.7 Å². The molecule has 0 aliphatic rings. The normalized spacial score (nSPS) is 12.2. The highest BCUT2D eigenvalue weighted by Crippen LogP contribution is 2.36. The molecular weight excluding hydrogens is 608 g/mol. The Morgan fingerprint density at radius 1 is 1.00 bits per heavy atom. The highest BCUT2D eigenvalue weighted by atomic mass is 32.2. The van der Waals surface area contributed by atoms with Gasteiger partial charge in [-0.25, -0.2) is 9.48 Å². The van der Waals surface area contributed by atoms with Gasteiger partial charge in [0.25, 0.3) is 0 Å². The number of urea groups is 1. The molecule has 2 aromatic carbocycles. The van der Waals surface area contributed by atoms with E-state index in [0.29, 0.717) is 17.2 Å². The summed E-state index contributed by atoms with van der Waals surface area (Å²) in [7, 11) is 0. The summed E-state index contributed by atoms with van der Waals surface area (Å²) in [5.74, 6) is 1.44. The standard InChI is InChI=1S/C31H32F3N7OS2/c1-19(2)28-38-37-26-15-14-23(18-40(26)28)44-24-9-7-6-8-20(24)17-35-29(42)36-27-16-25(30(3,4)43-5)39-41(27)22-12-10-21(11-13-22)31(32,33)34/h6-16,18-19H,17H2,1-5H3,(H2,35,36,42). The van der Waals surface area contributed by atoms with Crippen LogP contribution in [0.15, 0.2) is 82.7 Å². The molecule has 5 aromatic rings. The Labute approximate surface area is 261 Å². The van der Waals surface area contributed by atoms with Gasteiger partial charge >= 0.3 is 12.2 Å². The zero-order valence-electron chi connectivity index (χ0n) is 24.8. The molecule has 2 amide bonds. The van der Waals surface area contributed by atoms with Crippen molar-refractivity contribution in [3.05, 3.63) is 95.6 Å². The molecule has 3 heterocycles. The minimum Gasteiger partial charge on any atom is -0.334 e. The zero-order chi connectivity index (χ0) is 31.6. The molecule has 0 saturated heterocycles. The van der Waals surface area contributed by atoms with Crippen molar-refractivity contribution in [3.63, 3.8) is 0 Å². The van der Waals surface area contributed by atoms with Gasteiger partial charge in [-0.15, -0.1) is 10.2 Å². The summed E-state index contributed by atoms with van der Waals surface area (Å²) >= 11 is 3.15. The molecule has 230 valence electrons. The van der Waals surface area contributed by atoms with E-state index in [1.807, 2.05) is 67.1 Å². The van der Waals surface area contributed by atoms with E-state index >= 15 is 0 Å². The van der Waals surface area contributed by atoms with E-state index in [1.54, 1.807) is 29.6 Å². The molecular formula is C31H32F3N7OS2. The number of anilines is 1. The summed E-state index contributed by atoms with van der Waals surface area (Å²) in [6.07, 6.45) is -0.493. The van der Waals surface area contributed by atoms with Crippen LogP contribution in [0.2, 0.25) is 0 Å². The molecule has 0 saturated carbocycles. The monoisotopic (exact) mass is 639 g/mol. The van der Waals surface area contributed by atoms with Crippen LogP contribution in [-0.4, -0.2) is 36.7 Å². The van der Waals surface area contributed by atoms with Crippen LogP contribution in [0, 0.1) is 0 Å².